The van der Waals surface area contributed by atoms with E-state index < -0.39 is 17.3 Å². The first-order valence-corrected chi connectivity index (χ1v) is 6.90. The summed E-state index contributed by atoms with van der Waals surface area (Å²) >= 11 is 0. The molecule has 1 aromatic heterocycles. The molecule has 112 valence electrons. The van der Waals surface area contributed by atoms with Gasteiger partial charge >= 0.3 is 6.16 Å². The van der Waals surface area contributed by atoms with Crippen molar-refractivity contribution in [1.29, 1.82) is 0 Å². The summed E-state index contributed by atoms with van der Waals surface area (Å²) in [4.78, 5) is 15.3. The third kappa shape index (κ3) is 2.51. The van der Waals surface area contributed by atoms with E-state index in [0.717, 1.165) is 5.56 Å². The molecule has 0 amide bonds. The second-order valence-electron chi connectivity index (χ2n) is 5.47. The van der Waals surface area contributed by atoms with E-state index in [-0.39, 0.29) is 0 Å². The van der Waals surface area contributed by atoms with Crippen LogP contribution in [0.1, 0.15) is 32.8 Å². The van der Waals surface area contributed by atoms with E-state index in [1.807, 2.05) is 51.1 Å². The number of benzene rings is 1. The Hall–Kier alpha value is -2.30. The van der Waals surface area contributed by atoms with Crippen molar-refractivity contribution < 1.29 is 14.6 Å². The number of carbonyl (C=O) groups is 1. The largest absolute Gasteiger partial charge is 0.507 e. The van der Waals surface area contributed by atoms with Crippen molar-refractivity contribution in [2.75, 3.05) is 0 Å². The predicted octanol–water partition coefficient (Wildman–Crippen LogP) is 3.62. The van der Waals surface area contributed by atoms with Gasteiger partial charge in [0.25, 0.3) is 0 Å². The van der Waals surface area contributed by atoms with Crippen molar-refractivity contribution in [2.24, 2.45) is 0 Å². The van der Waals surface area contributed by atoms with Crippen LogP contribution in [0.25, 0.3) is 0 Å². The minimum Gasteiger partial charge on any atom is -0.450 e. The Morgan fingerprint density at radius 1 is 1.33 bits per heavy atom. The molecule has 1 N–H and O–H groups in total. The molecule has 5 heteroatoms. The average Bonchev–Trinajstić information content (AvgIpc) is 2.99. The number of rotatable bonds is 5. The summed E-state index contributed by atoms with van der Waals surface area (Å²) in [6.45, 7) is 5.87. The zero-order valence-electron chi connectivity index (χ0n) is 12.5. The molecule has 0 saturated heterocycles. The quantitative estimate of drug-likeness (QED) is 0.853. The molecule has 0 aliphatic rings. The number of carboxylic acid groups (broad SMARTS) is 1. The van der Waals surface area contributed by atoms with Crippen LogP contribution in [0.3, 0.4) is 0 Å². The van der Waals surface area contributed by atoms with Gasteiger partial charge in [0, 0.05) is 24.2 Å². The van der Waals surface area contributed by atoms with E-state index in [1.165, 1.54) is 0 Å². The van der Waals surface area contributed by atoms with E-state index >= 15 is 0 Å². The van der Waals surface area contributed by atoms with Crippen molar-refractivity contribution in [1.82, 2.24) is 9.55 Å². The van der Waals surface area contributed by atoms with Crippen LogP contribution in [0.15, 0.2) is 49.1 Å². The smallest absolute Gasteiger partial charge is 0.450 e. The standard InChI is InChI=1S/C16H20N2O3/c1-4-16(21-14(19)20,18-11-10-17-12-18)15(2,3)13-8-6-5-7-9-13/h5-12H,4H2,1-3H3,(H,19,20). The highest BCUT2D eigenvalue weighted by Gasteiger charge is 2.50. The Bertz CT molecular complexity index is 593. The maximum Gasteiger partial charge on any atom is 0.507 e. The molecule has 1 atom stereocenters. The third-order valence-corrected chi connectivity index (χ3v) is 4.13. The van der Waals surface area contributed by atoms with Crippen molar-refractivity contribution in [3.63, 3.8) is 0 Å². The molecule has 0 aliphatic heterocycles. The summed E-state index contributed by atoms with van der Waals surface area (Å²) in [6, 6.07) is 9.76. The fourth-order valence-electron chi connectivity index (χ4n) is 2.90. The van der Waals surface area contributed by atoms with Crippen LogP contribution in [0.2, 0.25) is 0 Å². The van der Waals surface area contributed by atoms with Crippen LogP contribution in [-0.2, 0) is 15.9 Å². The molecule has 2 rings (SSSR count). The Kier molecular flexibility index (Phi) is 4.02. The van der Waals surface area contributed by atoms with Crippen LogP contribution in [0.5, 0.6) is 0 Å². The Morgan fingerprint density at radius 3 is 2.48 bits per heavy atom. The lowest BCUT2D eigenvalue weighted by atomic mass is 9.73. The summed E-state index contributed by atoms with van der Waals surface area (Å²) in [7, 11) is 0. The van der Waals surface area contributed by atoms with Gasteiger partial charge in [0.2, 0.25) is 5.72 Å². The van der Waals surface area contributed by atoms with Gasteiger partial charge in [0.15, 0.2) is 0 Å². The van der Waals surface area contributed by atoms with Crippen molar-refractivity contribution in [2.45, 2.75) is 38.3 Å². The molecule has 0 fully saturated rings. The van der Waals surface area contributed by atoms with E-state index in [4.69, 9.17) is 4.74 Å². The van der Waals surface area contributed by atoms with Gasteiger partial charge < -0.3 is 9.84 Å². The Labute approximate surface area is 124 Å². The highest BCUT2D eigenvalue weighted by molar-refractivity contribution is 5.57. The van der Waals surface area contributed by atoms with Gasteiger partial charge in [0.1, 0.15) is 0 Å². The number of ether oxygens (including phenoxy) is 1. The van der Waals surface area contributed by atoms with Crippen LogP contribution < -0.4 is 0 Å². The van der Waals surface area contributed by atoms with Gasteiger partial charge in [-0.1, -0.05) is 51.1 Å². The van der Waals surface area contributed by atoms with Crippen LogP contribution in [-0.4, -0.2) is 20.8 Å². The molecule has 0 spiro atoms. The van der Waals surface area contributed by atoms with Crippen molar-refractivity contribution in [3.05, 3.63) is 54.6 Å². The average molecular weight is 288 g/mol. The second kappa shape index (κ2) is 5.60. The van der Waals surface area contributed by atoms with E-state index in [0.29, 0.717) is 6.42 Å². The SMILES string of the molecule is CCC(OC(=O)O)(n1ccnc1)C(C)(C)c1ccccc1. The first-order valence-electron chi connectivity index (χ1n) is 6.90. The lowest BCUT2D eigenvalue weighted by Gasteiger charge is -2.45. The maximum atomic E-state index is 11.3. The number of hydrogen-bond acceptors (Lipinski definition) is 3. The summed E-state index contributed by atoms with van der Waals surface area (Å²) in [5, 5.41) is 9.23. The number of nitrogens with zero attached hydrogens (tertiary/aromatic N) is 2. The number of hydrogen-bond donors (Lipinski definition) is 1. The summed E-state index contributed by atoms with van der Waals surface area (Å²) in [5.41, 5.74) is -0.625. The van der Waals surface area contributed by atoms with Gasteiger partial charge in [0.05, 0.1) is 6.33 Å². The summed E-state index contributed by atoms with van der Waals surface area (Å²) in [5.74, 6) is 0. The monoisotopic (exact) mass is 288 g/mol. The molecule has 21 heavy (non-hydrogen) atoms. The van der Waals surface area contributed by atoms with Crippen molar-refractivity contribution >= 4 is 6.16 Å². The van der Waals surface area contributed by atoms with Gasteiger partial charge in [-0.25, -0.2) is 9.78 Å². The fourth-order valence-corrected chi connectivity index (χ4v) is 2.90. The van der Waals surface area contributed by atoms with Crippen LogP contribution in [0, 0.1) is 0 Å². The molecular formula is C16H20N2O3. The van der Waals surface area contributed by atoms with Crippen LogP contribution in [0.4, 0.5) is 4.79 Å². The molecule has 1 heterocycles. The van der Waals surface area contributed by atoms with Gasteiger partial charge in [-0.2, -0.15) is 0 Å². The summed E-state index contributed by atoms with van der Waals surface area (Å²) < 4.78 is 7.12. The Balaban J connectivity index is 2.61. The highest BCUT2D eigenvalue weighted by Crippen LogP contribution is 2.43. The molecule has 0 saturated carbocycles. The number of imidazole rings is 1. The highest BCUT2D eigenvalue weighted by atomic mass is 16.7. The molecule has 2 aromatic rings. The maximum absolute atomic E-state index is 11.3. The zero-order valence-corrected chi connectivity index (χ0v) is 12.5. The molecule has 0 aliphatic carbocycles. The van der Waals surface area contributed by atoms with Gasteiger partial charge in [-0.15, -0.1) is 0 Å². The lowest BCUT2D eigenvalue weighted by molar-refractivity contribution is -0.125. The molecule has 1 aromatic carbocycles. The molecule has 0 radical (unpaired) electrons. The first kappa shape index (κ1) is 15.1. The first-order chi connectivity index (χ1) is 9.94. The van der Waals surface area contributed by atoms with E-state index in [9.17, 15) is 9.90 Å². The normalized spacial score (nSPS) is 14.4. The Morgan fingerprint density at radius 2 is 2.00 bits per heavy atom. The van der Waals surface area contributed by atoms with Gasteiger partial charge in [-0.3, -0.25) is 4.57 Å². The van der Waals surface area contributed by atoms with Crippen molar-refractivity contribution in [3.8, 4) is 0 Å². The zero-order chi connectivity index (χ0) is 15.5. The van der Waals surface area contributed by atoms with E-state index in [2.05, 4.69) is 4.98 Å². The third-order valence-electron chi connectivity index (χ3n) is 4.13. The molecular weight excluding hydrogens is 268 g/mol. The minimum absolute atomic E-state index is 0.484. The summed E-state index contributed by atoms with van der Waals surface area (Å²) in [6.07, 6.45) is 4.14. The molecule has 5 nitrogen and oxygen atoms in total. The predicted molar refractivity (Wildman–Crippen MR) is 79.1 cm³/mol. The fraction of sp³-hybridized carbons (Fsp3) is 0.375. The molecule has 0 bridgehead atoms. The molecule has 1 unspecified atom stereocenters. The van der Waals surface area contributed by atoms with Crippen LogP contribution >= 0.6 is 0 Å². The second-order valence-corrected chi connectivity index (χ2v) is 5.47. The van der Waals surface area contributed by atoms with Gasteiger partial charge in [-0.05, 0) is 5.56 Å². The topological polar surface area (TPSA) is 64.3 Å². The number of aromatic nitrogens is 2. The lowest BCUT2D eigenvalue weighted by Crippen LogP contribution is -2.52. The van der Waals surface area contributed by atoms with E-state index in [1.54, 1.807) is 23.3 Å². The minimum atomic E-state index is -1.30.